The van der Waals surface area contributed by atoms with Crippen LogP contribution in [0.4, 0.5) is 0 Å². The highest BCUT2D eigenvalue weighted by atomic mass is 35.5. The predicted molar refractivity (Wildman–Crippen MR) is 116 cm³/mol. The van der Waals surface area contributed by atoms with E-state index in [1.807, 2.05) is 18.4 Å². The minimum Gasteiger partial charge on any atom is -0.453 e. The summed E-state index contributed by atoms with van der Waals surface area (Å²) >= 11 is 7.38. The summed E-state index contributed by atoms with van der Waals surface area (Å²) in [7, 11) is 0. The van der Waals surface area contributed by atoms with E-state index in [0.29, 0.717) is 45.5 Å². The van der Waals surface area contributed by atoms with Crippen LogP contribution in [-0.2, 0) is 6.42 Å². The van der Waals surface area contributed by atoms with E-state index < -0.39 is 5.97 Å². The molecule has 1 aliphatic carbocycles. The van der Waals surface area contributed by atoms with Crippen molar-refractivity contribution in [1.82, 2.24) is 5.43 Å². The van der Waals surface area contributed by atoms with E-state index in [1.165, 1.54) is 11.3 Å². The molecule has 0 spiro atoms. The molecule has 4 rings (SSSR count). The fourth-order valence-corrected chi connectivity index (χ4v) is 4.12. The molecule has 0 aliphatic heterocycles. The monoisotopic (exact) mass is 442 g/mol. The van der Waals surface area contributed by atoms with Crippen LogP contribution in [0.5, 0.6) is 5.75 Å². The maximum absolute atomic E-state index is 12.7. The molecule has 1 aliphatic rings. The molecule has 1 aromatic carbocycles. The van der Waals surface area contributed by atoms with E-state index in [0.717, 1.165) is 17.5 Å². The molecule has 154 valence electrons. The van der Waals surface area contributed by atoms with Gasteiger partial charge in [-0.1, -0.05) is 17.7 Å². The summed E-state index contributed by atoms with van der Waals surface area (Å²) < 4.78 is 11.3. The van der Waals surface area contributed by atoms with Crippen molar-refractivity contribution in [3.63, 3.8) is 0 Å². The molecule has 0 atom stereocenters. The van der Waals surface area contributed by atoms with Crippen molar-refractivity contribution in [2.75, 3.05) is 0 Å². The number of benzene rings is 1. The first-order valence-corrected chi connectivity index (χ1v) is 10.7. The van der Waals surface area contributed by atoms with Gasteiger partial charge in [-0.15, -0.1) is 11.3 Å². The molecule has 0 bridgehead atoms. The number of carbonyl (C=O) groups is 2. The van der Waals surface area contributed by atoms with Gasteiger partial charge >= 0.3 is 5.97 Å². The van der Waals surface area contributed by atoms with Crippen molar-refractivity contribution in [3.8, 4) is 5.75 Å². The van der Waals surface area contributed by atoms with E-state index >= 15 is 0 Å². The van der Waals surface area contributed by atoms with Crippen LogP contribution in [0.2, 0.25) is 5.02 Å². The summed E-state index contributed by atoms with van der Waals surface area (Å²) in [5.74, 6) is 0.385. The lowest BCUT2D eigenvalue weighted by Crippen LogP contribution is -2.21. The average Bonchev–Trinajstić information content (AvgIpc) is 3.38. The number of furan rings is 1. The first kappa shape index (κ1) is 20.4. The van der Waals surface area contributed by atoms with Gasteiger partial charge in [0.25, 0.3) is 5.91 Å². The zero-order valence-electron chi connectivity index (χ0n) is 16.5. The van der Waals surface area contributed by atoms with Crippen molar-refractivity contribution >= 4 is 40.5 Å². The number of hydrogen-bond acceptors (Lipinski definition) is 6. The molecule has 0 fully saturated rings. The fourth-order valence-electron chi connectivity index (χ4n) is 3.39. The Balaban J connectivity index is 1.57. The number of rotatable bonds is 4. The zero-order valence-corrected chi connectivity index (χ0v) is 18.0. The van der Waals surface area contributed by atoms with Crippen molar-refractivity contribution in [2.45, 2.75) is 33.1 Å². The van der Waals surface area contributed by atoms with Crippen LogP contribution in [0.3, 0.4) is 0 Å². The van der Waals surface area contributed by atoms with E-state index in [1.54, 1.807) is 31.2 Å². The van der Waals surface area contributed by atoms with E-state index in [4.69, 9.17) is 20.8 Å². The van der Waals surface area contributed by atoms with Crippen LogP contribution < -0.4 is 10.2 Å². The Morgan fingerprint density at radius 2 is 2.07 bits per heavy atom. The Labute approximate surface area is 182 Å². The second kappa shape index (κ2) is 8.45. The van der Waals surface area contributed by atoms with Gasteiger partial charge < -0.3 is 9.15 Å². The molecule has 0 saturated carbocycles. The van der Waals surface area contributed by atoms with E-state index in [2.05, 4.69) is 10.5 Å². The van der Waals surface area contributed by atoms with Crippen LogP contribution >= 0.6 is 22.9 Å². The number of amides is 1. The molecule has 1 N–H and O–H groups in total. The SMILES string of the molecule is Cc1cc(OC(=O)c2oc3c(c2C)/C(=N/NC(=O)c2cccs2)CCC3)ccc1Cl. The van der Waals surface area contributed by atoms with Crippen LogP contribution in [-0.4, -0.2) is 17.6 Å². The molecule has 30 heavy (non-hydrogen) atoms. The number of hydrazone groups is 1. The largest absolute Gasteiger partial charge is 0.453 e. The number of fused-ring (bicyclic) bond motifs is 1. The fraction of sp³-hybridized carbons (Fsp3) is 0.227. The predicted octanol–water partition coefficient (Wildman–Crippen LogP) is 5.30. The Morgan fingerprint density at radius 3 is 2.80 bits per heavy atom. The molecule has 2 heterocycles. The second-order valence-corrected chi connectivity index (χ2v) is 8.34. The third-order valence-corrected chi connectivity index (χ3v) is 6.18. The average molecular weight is 443 g/mol. The Kier molecular flexibility index (Phi) is 5.74. The van der Waals surface area contributed by atoms with Crippen LogP contribution in [0, 0.1) is 13.8 Å². The molecule has 8 heteroatoms. The number of esters is 1. The van der Waals surface area contributed by atoms with Crippen molar-refractivity contribution in [1.29, 1.82) is 0 Å². The van der Waals surface area contributed by atoms with Gasteiger partial charge in [0.2, 0.25) is 5.76 Å². The lowest BCUT2D eigenvalue weighted by Gasteiger charge is -2.13. The third-order valence-electron chi connectivity index (χ3n) is 4.89. The van der Waals surface area contributed by atoms with E-state index in [9.17, 15) is 9.59 Å². The Hall–Kier alpha value is -2.90. The summed E-state index contributed by atoms with van der Waals surface area (Å²) in [6, 6.07) is 8.57. The van der Waals surface area contributed by atoms with Crippen molar-refractivity contribution < 1.29 is 18.7 Å². The molecule has 6 nitrogen and oxygen atoms in total. The summed E-state index contributed by atoms with van der Waals surface area (Å²) in [6.07, 6.45) is 2.20. The van der Waals surface area contributed by atoms with Crippen molar-refractivity contribution in [3.05, 3.63) is 73.8 Å². The maximum atomic E-state index is 12.7. The van der Waals surface area contributed by atoms with Gasteiger partial charge in [0.05, 0.1) is 10.6 Å². The summed E-state index contributed by atoms with van der Waals surface area (Å²) in [5, 5.41) is 6.75. The lowest BCUT2D eigenvalue weighted by molar-refractivity contribution is 0.0698. The third kappa shape index (κ3) is 4.04. The second-order valence-electron chi connectivity index (χ2n) is 6.99. The normalized spacial score (nSPS) is 14.4. The smallest absolute Gasteiger partial charge is 0.379 e. The topological polar surface area (TPSA) is 80.9 Å². The molecule has 0 radical (unpaired) electrons. The molecule has 0 saturated heterocycles. The number of nitrogens with zero attached hydrogens (tertiary/aromatic N) is 1. The molecular weight excluding hydrogens is 424 g/mol. The number of ether oxygens (including phenoxy) is 1. The molecule has 0 unspecified atom stereocenters. The van der Waals surface area contributed by atoms with Gasteiger partial charge in [0.1, 0.15) is 11.5 Å². The summed E-state index contributed by atoms with van der Waals surface area (Å²) in [5.41, 5.74) is 5.54. The van der Waals surface area contributed by atoms with Crippen LogP contribution in [0.15, 0.2) is 45.2 Å². The van der Waals surface area contributed by atoms with Gasteiger partial charge in [-0.05, 0) is 61.9 Å². The number of thiophene rings is 1. The zero-order chi connectivity index (χ0) is 21.3. The number of aryl methyl sites for hydroxylation is 2. The molecule has 2 aromatic heterocycles. The molecule has 1 amide bonds. The van der Waals surface area contributed by atoms with Gasteiger partial charge in [0, 0.05) is 22.6 Å². The minimum atomic E-state index is -0.578. The highest BCUT2D eigenvalue weighted by molar-refractivity contribution is 7.12. The first-order valence-electron chi connectivity index (χ1n) is 9.45. The van der Waals surface area contributed by atoms with Crippen LogP contribution in [0.1, 0.15) is 55.5 Å². The van der Waals surface area contributed by atoms with E-state index in [-0.39, 0.29) is 11.7 Å². The van der Waals surface area contributed by atoms with Gasteiger partial charge in [-0.2, -0.15) is 5.10 Å². The quantitative estimate of drug-likeness (QED) is 0.337. The summed E-state index contributed by atoms with van der Waals surface area (Å²) in [6.45, 7) is 3.64. The van der Waals surface area contributed by atoms with Gasteiger partial charge in [0.15, 0.2) is 0 Å². The number of halogens is 1. The minimum absolute atomic E-state index is 0.145. The standard InChI is InChI=1S/C22H19ClN2O4S/c1-12-11-14(8-9-15(12)23)28-22(27)20-13(2)19-16(5-3-6-17(19)29-20)24-25-21(26)18-7-4-10-30-18/h4,7-11H,3,5-6H2,1-2H3,(H,25,26)/b24-16+. The van der Waals surface area contributed by atoms with Crippen molar-refractivity contribution in [2.24, 2.45) is 5.10 Å². The Bertz CT molecular complexity index is 1150. The number of carbonyl (C=O) groups excluding carboxylic acids is 2. The summed E-state index contributed by atoms with van der Waals surface area (Å²) in [4.78, 5) is 25.5. The van der Waals surface area contributed by atoms with Crippen LogP contribution in [0.25, 0.3) is 0 Å². The first-order chi connectivity index (χ1) is 14.4. The highest BCUT2D eigenvalue weighted by Crippen LogP contribution is 2.31. The number of hydrogen-bond donors (Lipinski definition) is 1. The maximum Gasteiger partial charge on any atom is 0.379 e. The number of nitrogens with one attached hydrogen (secondary N) is 1. The molecule has 3 aromatic rings. The Morgan fingerprint density at radius 1 is 1.23 bits per heavy atom. The van der Waals surface area contributed by atoms with Gasteiger partial charge in [-0.3, -0.25) is 4.79 Å². The molecular formula is C22H19ClN2O4S. The lowest BCUT2D eigenvalue weighted by atomic mass is 9.93. The highest BCUT2D eigenvalue weighted by Gasteiger charge is 2.29. The van der Waals surface area contributed by atoms with Gasteiger partial charge in [-0.25, -0.2) is 10.2 Å².